The predicted molar refractivity (Wildman–Crippen MR) is 55.3 cm³/mol. The first kappa shape index (κ1) is 12.1. The lowest BCUT2D eigenvalue weighted by molar-refractivity contribution is -0.134. The summed E-state index contributed by atoms with van der Waals surface area (Å²) in [7, 11) is 0. The Morgan fingerprint density at radius 1 is 1.53 bits per heavy atom. The lowest BCUT2D eigenvalue weighted by Gasteiger charge is -2.21. The van der Waals surface area contributed by atoms with Crippen LogP contribution in [0.25, 0.3) is 0 Å². The van der Waals surface area contributed by atoms with E-state index in [4.69, 9.17) is 4.74 Å². The number of carbonyl (C=O) groups is 2. The maximum Gasteiger partial charge on any atom is 0.243 e. The van der Waals surface area contributed by atoms with E-state index in [2.05, 4.69) is 10.6 Å². The topological polar surface area (TPSA) is 67.4 Å². The summed E-state index contributed by atoms with van der Waals surface area (Å²) in [5, 5.41) is 5.42. The standard InChI is InChI=1S/C10H18N2O3/c1-2-15-7-3-6-11-8-4-5-9(13)12-10(8)14/h8,11H,2-7H2,1H3,(H,12,13,14). The van der Waals surface area contributed by atoms with E-state index in [1.54, 1.807) is 0 Å². The van der Waals surface area contributed by atoms with Gasteiger partial charge in [-0.25, -0.2) is 0 Å². The monoisotopic (exact) mass is 214 g/mol. The molecule has 0 aliphatic carbocycles. The van der Waals surface area contributed by atoms with Crippen molar-refractivity contribution < 1.29 is 14.3 Å². The van der Waals surface area contributed by atoms with Crippen molar-refractivity contribution in [3.63, 3.8) is 0 Å². The van der Waals surface area contributed by atoms with Gasteiger partial charge in [0.1, 0.15) is 0 Å². The third-order valence-electron chi connectivity index (χ3n) is 2.30. The Hall–Kier alpha value is -0.940. The van der Waals surface area contributed by atoms with Gasteiger partial charge >= 0.3 is 0 Å². The molecule has 1 heterocycles. The third-order valence-corrected chi connectivity index (χ3v) is 2.30. The molecule has 1 rings (SSSR count). The molecule has 0 bridgehead atoms. The first-order valence-corrected chi connectivity index (χ1v) is 5.39. The number of hydrogen-bond donors (Lipinski definition) is 2. The van der Waals surface area contributed by atoms with Crippen LogP contribution in [0.2, 0.25) is 0 Å². The number of hydrogen-bond acceptors (Lipinski definition) is 4. The number of nitrogens with one attached hydrogen (secondary N) is 2. The van der Waals surface area contributed by atoms with E-state index in [1.165, 1.54) is 0 Å². The molecule has 0 aromatic carbocycles. The van der Waals surface area contributed by atoms with Gasteiger partial charge in [0.15, 0.2) is 0 Å². The number of carbonyl (C=O) groups excluding carboxylic acids is 2. The highest BCUT2D eigenvalue weighted by Gasteiger charge is 2.25. The molecule has 2 amide bonds. The fourth-order valence-corrected chi connectivity index (χ4v) is 1.48. The van der Waals surface area contributed by atoms with E-state index < -0.39 is 0 Å². The van der Waals surface area contributed by atoms with Gasteiger partial charge in [0.25, 0.3) is 0 Å². The summed E-state index contributed by atoms with van der Waals surface area (Å²) in [5.41, 5.74) is 0. The summed E-state index contributed by atoms with van der Waals surface area (Å²) in [4.78, 5) is 22.2. The lowest BCUT2D eigenvalue weighted by Crippen LogP contribution is -2.50. The van der Waals surface area contributed by atoms with Crippen molar-refractivity contribution in [2.45, 2.75) is 32.2 Å². The molecule has 0 spiro atoms. The first-order chi connectivity index (χ1) is 7.24. The van der Waals surface area contributed by atoms with Gasteiger partial charge in [0.2, 0.25) is 11.8 Å². The highest BCUT2D eigenvalue weighted by atomic mass is 16.5. The van der Waals surface area contributed by atoms with Crippen LogP contribution in [0.3, 0.4) is 0 Å². The van der Waals surface area contributed by atoms with E-state index in [0.29, 0.717) is 19.4 Å². The highest BCUT2D eigenvalue weighted by molar-refractivity contribution is 6.00. The van der Waals surface area contributed by atoms with Crippen LogP contribution in [0.15, 0.2) is 0 Å². The van der Waals surface area contributed by atoms with Crippen molar-refractivity contribution in [3.8, 4) is 0 Å². The van der Waals surface area contributed by atoms with Gasteiger partial charge < -0.3 is 10.1 Å². The molecule has 0 radical (unpaired) electrons. The molecule has 0 aromatic rings. The molecule has 0 saturated carbocycles. The molecule has 1 aliphatic rings. The van der Waals surface area contributed by atoms with Crippen LogP contribution < -0.4 is 10.6 Å². The zero-order chi connectivity index (χ0) is 11.1. The molecule has 1 aliphatic heterocycles. The van der Waals surface area contributed by atoms with Crippen molar-refractivity contribution in [1.82, 2.24) is 10.6 Å². The Balaban J connectivity index is 2.10. The van der Waals surface area contributed by atoms with Gasteiger partial charge in [-0.1, -0.05) is 0 Å². The van der Waals surface area contributed by atoms with Crippen LogP contribution in [0.1, 0.15) is 26.2 Å². The average Bonchev–Trinajstić information content (AvgIpc) is 2.20. The summed E-state index contributed by atoms with van der Waals surface area (Å²) in [6.07, 6.45) is 1.90. The van der Waals surface area contributed by atoms with Gasteiger partial charge in [-0.3, -0.25) is 14.9 Å². The smallest absolute Gasteiger partial charge is 0.243 e. The van der Waals surface area contributed by atoms with Crippen LogP contribution in [0.5, 0.6) is 0 Å². The molecule has 5 nitrogen and oxygen atoms in total. The van der Waals surface area contributed by atoms with E-state index in [-0.39, 0.29) is 17.9 Å². The minimum absolute atomic E-state index is 0.174. The number of amides is 2. The molecule has 86 valence electrons. The molecule has 1 fully saturated rings. The van der Waals surface area contributed by atoms with E-state index in [1.807, 2.05) is 6.92 Å². The van der Waals surface area contributed by atoms with Crippen molar-refractivity contribution in [3.05, 3.63) is 0 Å². The summed E-state index contributed by atoms with van der Waals surface area (Å²) in [6, 6.07) is -0.218. The highest BCUT2D eigenvalue weighted by Crippen LogP contribution is 2.03. The van der Waals surface area contributed by atoms with Crippen LogP contribution >= 0.6 is 0 Å². The van der Waals surface area contributed by atoms with E-state index >= 15 is 0 Å². The molecule has 5 heteroatoms. The van der Waals surface area contributed by atoms with Crippen molar-refractivity contribution >= 4 is 11.8 Å². The van der Waals surface area contributed by atoms with Crippen molar-refractivity contribution in [2.24, 2.45) is 0 Å². The fraction of sp³-hybridized carbons (Fsp3) is 0.800. The number of rotatable bonds is 6. The quantitative estimate of drug-likeness (QED) is 0.475. The van der Waals surface area contributed by atoms with Gasteiger partial charge in [0, 0.05) is 19.6 Å². The number of imide groups is 1. The Kier molecular flexibility index (Phi) is 5.28. The molecule has 15 heavy (non-hydrogen) atoms. The number of ether oxygens (including phenoxy) is 1. The van der Waals surface area contributed by atoms with Gasteiger partial charge in [0.05, 0.1) is 6.04 Å². The van der Waals surface area contributed by atoms with Crippen LogP contribution in [0, 0.1) is 0 Å². The zero-order valence-electron chi connectivity index (χ0n) is 9.04. The predicted octanol–water partition coefficient (Wildman–Crippen LogP) is -0.192. The van der Waals surface area contributed by atoms with Crippen LogP contribution in [0.4, 0.5) is 0 Å². The van der Waals surface area contributed by atoms with Crippen molar-refractivity contribution in [1.29, 1.82) is 0 Å². The second-order valence-electron chi connectivity index (χ2n) is 3.51. The molecule has 1 saturated heterocycles. The number of piperidine rings is 1. The second-order valence-corrected chi connectivity index (χ2v) is 3.51. The molecule has 0 aromatic heterocycles. The fourth-order valence-electron chi connectivity index (χ4n) is 1.48. The summed E-state index contributed by atoms with van der Waals surface area (Å²) >= 11 is 0. The minimum atomic E-state index is -0.218. The van der Waals surface area contributed by atoms with E-state index in [0.717, 1.165) is 19.6 Å². The zero-order valence-corrected chi connectivity index (χ0v) is 9.04. The maximum atomic E-state index is 11.3. The molecule has 1 atom stereocenters. The van der Waals surface area contributed by atoms with Crippen LogP contribution in [-0.2, 0) is 14.3 Å². The lowest BCUT2D eigenvalue weighted by atomic mass is 10.1. The summed E-state index contributed by atoms with van der Waals surface area (Å²) in [6.45, 7) is 4.12. The third kappa shape index (κ3) is 4.40. The van der Waals surface area contributed by atoms with Gasteiger partial charge in [-0.05, 0) is 26.3 Å². The summed E-state index contributed by atoms with van der Waals surface area (Å²) < 4.78 is 5.17. The Bertz CT molecular complexity index is 231. The second kappa shape index (κ2) is 6.53. The SMILES string of the molecule is CCOCCCNC1CCC(=O)NC1=O. The summed E-state index contributed by atoms with van der Waals surface area (Å²) in [5.74, 6) is -0.380. The Morgan fingerprint density at radius 3 is 3.00 bits per heavy atom. The molecule has 1 unspecified atom stereocenters. The minimum Gasteiger partial charge on any atom is -0.382 e. The van der Waals surface area contributed by atoms with Crippen molar-refractivity contribution in [2.75, 3.05) is 19.8 Å². The van der Waals surface area contributed by atoms with Gasteiger partial charge in [-0.2, -0.15) is 0 Å². The molecular formula is C10H18N2O3. The largest absolute Gasteiger partial charge is 0.382 e. The molecular weight excluding hydrogens is 196 g/mol. The molecule has 2 N–H and O–H groups in total. The Labute approximate surface area is 89.6 Å². The first-order valence-electron chi connectivity index (χ1n) is 5.39. The van der Waals surface area contributed by atoms with Gasteiger partial charge in [-0.15, -0.1) is 0 Å². The van der Waals surface area contributed by atoms with Crippen LogP contribution in [-0.4, -0.2) is 37.6 Å². The average molecular weight is 214 g/mol. The Morgan fingerprint density at radius 2 is 2.33 bits per heavy atom. The normalized spacial score (nSPS) is 21.5. The van der Waals surface area contributed by atoms with E-state index in [9.17, 15) is 9.59 Å². The maximum absolute atomic E-state index is 11.3.